The summed E-state index contributed by atoms with van der Waals surface area (Å²) in [5.41, 5.74) is 2.35. The minimum atomic E-state index is 0.235. The maximum absolute atomic E-state index is 8.88. The Morgan fingerprint density at radius 2 is 2.06 bits per heavy atom. The summed E-state index contributed by atoms with van der Waals surface area (Å²) < 4.78 is 5.34. The first-order valence-electron chi connectivity index (χ1n) is 6.04. The molecule has 17 heavy (non-hydrogen) atoms. The first-order valence-corrected chi connectivity index (χ1v) is 6.04. The van der Waals surface area contributed by atoms with E-state index in [1.807, 2.05) is 6.92 Å². The maximum Gasteiger partial charge on any atom is 0.123 e. The average Bonchev–Trinajstić information content (AvgIpc) is 2.39. The zero-order valence-electron chi connectivity index (χ0n) is 10.4. The summed E-state index contributed by atoms with van der Waals surface area (Å²) in [5, 5.41) is 8.88. The number of anilines is 1. The lowest BCUT2D eigenvalue weighted by Gasteiger charge is -2.31. The van der Waals surface area contributed by atoms with E-state index in [1.165, 1.54) is 5.69 Å². The molecule has 1 aliphatic heterocycles. The van der Waals surface area contributed by atoms with E-state index in [9.17, 15) is 0 Å². The number of hydrogen-bond donors (Lipinski definition) is 0. The van der Waals surface area contributed by atoms with Gasteiger partial charge < -0.3 is 9.64 Å². The molecule has 2 rings (SSSR count). The molecule has 90 valence electrons. The van der Waals surface area contributed by atoms with Gasteiger partial charge >= 0.3 is 0 Å². The zero-order valence-corrected chi connectivity index (χ0v) is 10.4. The van der Waals surface area contributed by atoms with Crippen LogP contribution in [0.4, 0.5) is 5.69 Å². The molecule has 1 saturated heterocycles. The van der Waals surface area contributed by atoms with Crippen LogP contribution >= 0.6 is 0 Å². The second-order valence-electron chi connectivity index (χ2n) is 4.54. The van der Waals surface area contributed by atoms with Gasteiger partial charge in [0, 0.05) is 30.8 Å². The van der Waals surface area contributed by atoms with E-state index in [0.717, 1.165) is 37.2 Å². The molecule has 0 N–H and O–H groups in total. The Hall–Kier alpha value is -1.69. The zero-order chi connectivity index (χ0) is 12.3. The summed E-state index contributed by atoms with van der Waals surface area (Å²) in [6, 6.07) is 8.66. The number of piperidine rings is 1. The SMILES string of the molecule is COc1cc(N2CCC(C#N)CC2)ccc1C. The number of benzene rings is 1. The molecule has 0 atom stereocenters. The number of nitriles is 1. The standard InChI is InChI=1S/C14H18N2O/c1-11-3-4-13(9-14(11)17-2)16-7-5-12(10-15)6-8-16/h3-4,9,12H,5-8H2,1-2H3. The molecular weight excluding hydrogens is 212 g/mol. The quantitative estimate of drug-likeness (QED) is 0.783. The van der Waals surface area contributed by atoms with Crippen LogP contribution in [-0.4, -0.2) is 20.2 Å². The van der Waals surface area contributed by atoms with E-state index in [4.69, 9.17) is 10.00 Å². The van der Waals surface area contributed by atoms with Crippen molar-refractivity contribution in [1.29, 1.82) is 5.26 Å². The normalized spacial score (nSPS) is 16.6. The van der Waals surface area contributed by atoms with E-state index >= 15 is 0 Å². The third kappa shape index (κ3) is 2.52. The van der Waals surface area contributed by atoms with Gasteiger partial charge in [-0.05, 0) is 31.4 Å². The van der Waals surface area contributed by atoms with Gasteiger partial charge in [0.1, 0.15) is 5.75 Å². The second-order valence-corrected chi connectivity index (χ2v) is 4.54. The Kier molecular flexibility index (Phi) is 3.53. The highest BCUT2D eigenvalue weighted by atomic mass is 16.5. The number of ether oxygens (including phenoxy) is 1. The van der Waals surface area contributed by atoms with Crippen LogP contribution in [0.25, 0.3) is 0 Å². The highest BCUT2D eigenvalue weighted by Gasteiger charge is 2.19. The van der Waals surface area contributed by atoms with E-state index in [1.54, 1.807) is 7.11 Å². The molecule has 1 heterocycles. The lowest BCUT2D eigenvalue weighted by Crippen LogP contribution is -2.33. The molecule has 0 aromatic heterocycles. The largest absolute Gasteiger partial charge is 0.496 e. The smallest absolute Gasteiger partial charge is 0.123 e. The van der Waals surface area contributed by atoms with Crippen molar-refractivity contribution in [3.63, 3.8) is 0 Å². The Labute approximate surface area is 103 Å². The number of methoxy groups -OCH3 is 1. The van der Waals surface area contributed by atoms with Crippen LogP contribution in [0, 0.1) is 24.2 Å². The Morgan fingerprint density at radius 3 is 2.65 bits per heavy atom. The lowest BCUT2D eigenvalue weighted by molar-refractivity contribution is 0.411. The van der Waals surface area contributed by atoms with Crippen LogP contribution in [0.3, 0.4) is 0 Å². The molecule has 0 spiro atoms. The van der Waals surface area contributed by atoms with Gasteiger partial charge in [-0.2, -0.15) is 5.26 Å². The van der Waals surface area contributed by atoms with Crippen LogP contribution < -0.4 is 9.64 Å². The predicted octanol–water partition coefficient (Wildman–Crippen LogP) is 2.74. The number of aryl methyl sites for hydroxylation is 1. The molecule has 0 bridgehead atoms. The van der Waals surface area contributed by atoms with Gasteiger partial charge in [-0.3, -0.25) is 0 Å². The van der Waals surface area contributed by atoms with E-state index in [0.29, 0.717) is 0 Å². The van der Waals surface area contributed by atoms with Gasteiger partial charge in [0.2, 0.25) is 0 Å². The molecule has 0 amide bonds. The molecule has 0 aliphatic carbocycles. The van der Waals surface area contributed by atoms with Crippen molar-refractivity contribution in [3.05, 3.63) is 23.8 Å². The highest BCUT2D eigenvalue weighted by Crippen LogP contribution is 2.28. The molecule has 1 aliphatic rings. The molecule has 1 fully saturated rings. The van der Waals surface area contributed by atoms with Crippen LogP contribution in [-0.2, 0) is 0 Å². The van der Waals surface area contributed by atoms with Gasteiger partial charge in [0.25, 0.3) is 0 Å². The van der Waals surface area contributed by atoms with Crippen molar-refractivity contribution >= 4 is 5.69 Å². The average molecular weight is 230 g/mol. The van der Waals surface area contributed by atoms with E-state index < -0.39 is 0 Å². The molecule has 1 aromatic rings. The van der Waals surface area contributed by atoms with Crippen molar-refractivity contribution in [3.8, 4) is 11.8 Å². The predicted molar refractivity (Wildman–Crippen MR) is 68.3 cm³/mol. The van der Waals surface area contributed by atoms with Gasteiger partial charge in [-0.15, -0.1) is 0 Å². The molecular formula is C14H18N2O. The first-order chi connectivity index (χ1) is 8.24. The Balaban J connectivity index is 2.11. The van der Waals surface area contributed by atoms with Crippen molar-refractivity contribution in [2.24, 2.45) is 5.92 Å². The summed E-state index contributed by atoms with van der Waals surface area (Å²) in [6.45, 7) is 3.97. The fourth-order valence-corrected chi connectivity index (χ4v) is 2.27. The van der Waals surface area contributed by atoms with Gasteiger partial charge in [0.05, 0.1) is 13.2 Å². The molecule has 1 aromatic carbocycles. The van der Waals surface area contributed by atoms with Crippen molar-refractivity contribution in [2.45, 2.75) is 19.8 Å². The summed E-state index contributed by atoms with van der Waals surface area (Å²) in [7, 11) is 1.70. The second kappa shape index (κ2) is 5.09. The van der Waals surface area contributed by atoms with Gasteiger partial charge in [-0.1, -0.05) is 6.07 Å². The van der Waals surface area contributed by atoms with Crippen molar-refractivity contribution in [1.82, 2.24) is 0 Å². The summed E-state index contributed by atoms with van der Waals surface area (Å²) in [4.78, 5) is 2.33. The Bertz CT molecular complexity index is 428. The number of hydrogen-bond acceptors (Lipinski definition) is 3. The summed E-state index contributed by atoms with van der Waals surface area (Å²) >= 11 is 0. The van der Waals surface area contributed by atoms with Crippen LogP contribution in [0.1, 0.15) is 18.4 Å². The fraction of sp³-hybridized carbons (Fsp3) is 0.500. The van der Waals surface area contributed by atoms with Crippen LogP contribution in [0.5, 0.6) is 5.75 Å². The lowest BCUT2D eigenvalue weighted by atomic mass is 9.98. The van der Waals surface area contributed by atoms with Crippen molar-refractivity contribution < 1.29 is 4.74 Å². The van der Waals surface area contributed by atoms with Crippen molar-refractivity contribution in [2.75, 3.05) is 25.1 Å². The fourth-order valence-electron chi connectivity index (χ4n) is 2.27. The molecule has 0 unspecified atom stereocenters. The third-order valence-electron chi connectivity index (χ3n) is 3.43. The van der Waals surface area contributed by atoms with E-state index in [-0.39, 0.29) is 5.92 Å². The highest BCUT2D eigenvalue weighted by molar-refractivity contribution is 5.53. The summed E-state index contributed by atoms with van der Waals surface area (Å²) in [5.74, 6) is 1.17. The number of rotatable bonds is 2. The first kappa shape index (κ1) is 11.8. The monoisotopic (exact) mass is 230 g/mol. The third-order valence-corrected chi connectivity index (χ3v) is 3.43. The van der Waals surface area contributed by atoms with Gasteiger partial charge in [0.15, 0.2) is 0 Å². The van der Waals surface area contributed by atoms with Gasteiger partial charge in [-0.25, -0.2) is 0 Å². The molecule has 0 saturated carbocycles. The topological polar surface area (TPSA) is 36.3 Å². The Morgan fingerprint density at radius 1 is 1.35 bits per heavy atom. The molecule has 0 radical (unpaired) electrons. The number of nitrogens with zero attached hydrogens (tertiary/aromatic N) is 2. The molecule has 3 heteroatoms. The van der Waals surface area contributed by atoms with E-state index in [2.05, 4.69) is 29.2 Å². The summed E-state index contributed by atoms with van der Waals surface area (Å²) in [6.07, 6.45) is 1.93. The van der Waals surface area contributed by atoms with Crippen LogP contribution in [0.15, 0.2) is 18.2 Å². The van der Waals surface area contributed by atoms with Crippen LogP contribution in [0.2, 0.25) is 0 Å². The molecule has 3 nitrogen and oxygen atoms in total. The minimum Gasteiger partial charge on any atom is -0.496 e. The maximum atomic E-state index is 8.88. The minimum absolute atomic E-state index is 0.235.